The van der Waals surface area contributed by atoms with E-state index < -0.39 is 8.80 Å². The molecule has 1 unspecified atom stereocenters. The Hall–Kier alpha value is 0.0969. The summed E-state index contributed by atoms with van der Waals surface area (Å²) in [5.74, 6) is 0. The van der Waals surface area contributed by atoms with Crippen LogP contribution in [0.5, 0.6) is 0 Å². The minimum Gasteiger partial charge on any atom is -0.374 e. The summed E-state index contributed by atoms with van der Waals surface area (Å²) in [6.45, 7) is 12.9. The van der Waals surface area contributed by atoms with Crippen molar-refractivity contribution < 1.29 is 13.3 Å². The molecular formula is C24H52O3Si. The molecule has 0 aromatic heterocycles. The predicted octanol–water partition coefficient (Wildman–Crippen LogP) is 8.30. The van der Waals surface area contributed by atoms with Crippen molar-refractivity contribution in [2.24, 2.45) is 0 Å². The van der Waals surface area contributed by atoms with Gasteiger partial charge >= 0.3 is 8.80 Å². The van der Waals surface area contributed by atoms with Crippen LogP contribution in [-0.4, -0.2) is 28.6 Å². The van der Waals surface area contributed by atoms with Gasteiger partial charge in [-0.05, 0) is 33.6 Å². The van der Waals surface area contributed by atoms with Crippen molar-refractivity contribution in [1.82, 2.24) is 0 Å². The second-order valence-corrected chi connectivity index (χ2v) is 11.0. The molecule has 0 fully saturated rings. The summed E-state index contributed by atoms with van der Waals surface area (Å²) in [6.07, 6.45) is 19.9. The molecule has 1 atom stereocenters. The molecular weight excluding hydrogens is 364 g/mol. The molecule has 0 spiro atoms. The van der Waals surface area contributed by atoms with Crippen LogP contribution in [0, 0.1) is 0 Å². The lowest BCUT2D eigenvalue weighted by Gasteiger charge is -2.35. The smallest absolute Gasteiger partial charge is 0.374 e. The molecule has 4 heteroatoms. The van der Waals surface area contributed by atoms with Gasteiger partial charge in [0, 0.05) is 25.4 Å². The minimum atomic E-state index is -2.58. The zero-order valence-electron chi connectivity index (χ0n) is 20.0. The largest absolute Gasteiger partial charge is 0.504 e. The molecule has 170 valence electrons. The molecule has 0 bridgehead atoms. The van der Waals surface area contributed by atoms with E-state index in [1.54, 1.807) is 0 Å². The molecule has 0 saturated carbocycles. The van der Waals surface area contributed by atoms with Crippen molar-refractivity contribution in [2.75, 3.05) is 19.8 Å². The van der Waals surface area contributed by atoms with Crippen molar-refractivity contribution in [3.63, 3.8) is 0 Å². The van der Waals surface area contributed by atoms with E-state index in [-0.39, 0.29) is 0 Å². The van der Waals surface area contributed by atoms with Crippen LogP contribution in [0.25, 0.3) is 0 Å². The molecule has 0 saturated heterocycles. The van der Waals surface area contributed by atoms with Crippen LogP contribution in [0.2, 0.25) is 5.54 Å². The number of rotatable bonds is 22. The fraction of sp³-hybridized carbons (Fsp3) is 1.00. The van der Waals surface area contributed by atoms with E-state index in [9.17, 15) is 0 Å². The molecule has 0 rings (SSSR count). The van der Waals surface area contributed by atoms with Crippen LogP contribution < -0.4 is 0 Å². The van der Waals surface area contributed by atoms with Gasteiger partial charge in [-0.3, -0.25) is 0 Å². The summed E-state index contributed by atoms with van der Waals surface area (Å²) in [4.78, 5) is 0. The highest BCUT2D eigenvalue weighted by molar-refractivity contribution is 6.62. The zero-order chi connectivity index (χ0) is 20.9. The fourth-order valence-corrected chi connectivity index (χ4v) is 7.38. The second kappa shape index (κ2) is 20.4. The first-order chi connectivity index (χ1) is 13.7. The van der Waals surface area contributed by atoms with Gasteiger partial charge in [-0.25, -0.2) is 0 Å². The van der Waals surface area contributed by atoms with Gasteiger partial charge in [-0.1, -0.05) is 97.3 Å². The Morgan fingerprint density at radius 3 is 1.11 bits per heavy atom. The maximum absolute atomic E-state index is 6.27. The minimum absolute atomic E-state index is 0.467. The Kier molecular flexibility index (Phi) is 20.4. The molecule has 0 heterocycles. The first-order valence-electron chi connectivity index (χ1n) is 12.6. The predicted molar refractivity (Wildman–Crippen MR) is 125 cm³/mol. The summed E-state index contributed by atoms with van der Waals surface area (Å²) in [5, 5.41) is 0. The molecule has 0 aromatic carbocycles. The van der Waals surface area contributed by atoms with E-state index in [2.05, 4.69) is 34.6 Å². The Labute approximate surface area is 178 Å². The monoisotopic (exact) mass is 416 g/mol. The highest BCUT2D eigenvalue weighted by atomic mass is 28.4. The van der Waals surface area contributed by atoms with E-state index in [0.29, 0.717) is 25.4 Å². The lowest BCUT2D eigenvalue weighted by Crippen LogP contribution is -2.50. The van der Waals surface area contributed by atoms with E-state index in [0.717, 1.165) is 0 Å². The van der Waals surface area contributed by atoms with Gasteiger partial charge in [0.25, 0.3) is 0 Å². The SMILES string of the molecule is CCCCCCCCCC(CCCCCCCC)[Si](OCC)(OCC)OCC. The van der Waals surface area contributed by atoms with Crippen LogP contribution >= 0.6 is 0 Å². The quantitative estimate of drug-likeness (QED) is 0.131. The maximum atomic E-state index is 6.27. The van der Waals surface area contributed by atoms with Crippen LogP contribution in [0.4, 0.5) is 0 Å². The summed E-state index contributed by atoms with van der Waals surface area (Å²) >= 11 is 0. The maximum Gasteiger partial charge on any atom is 0.504 e. The highest BCUT2D eigenvalue weighted by Crippen LogP contribution is 2.36. The third kappa shape index (κ3) is 13.3. The third-order valence-electron chi connectivity index (χ3n) is 5.60. The standard InChI is InChI=1S/C24H52O3Si/c1-6-11-13-15-17-19-21-23-24(22-20-18-16-14-12-7-2)28(25-8-3,26-9-4)27-10-5/h24H,6-23H2,1-5H3. The van der Waals surface area contributed by atoms with Gasteiger partial charge in [0.2, 0.25) is 0 Å². The van der Waals surface area contributed by atoms with E-state index >= 15 is 0 Å². The molecule has 3 nitrogen and oxygen atoms in total. The van der Waals surface area contributed by atoms with Crippen molar-refractivity contribution in [2.45, 2.75) is 136 Å². The molecule has 28 heavy (non-hydrogen) atoms. The Bertz CT molecular complexity index is 295. The van der Waals surface area contributed by atoms with Crippen LogP contribution in [-0.2, 0) is 13.3 Å². The van der Waals surface area contributed by atoms with Crippen LogP contribution in [0.3, 0.4) is 0 Å². The normalized spacial score (nSPS) is 13.2. The van der Waals surface area contributed by atoms with E-state index in [1.807, 2.05) is 0 Å². The van der Waals surface area contributed by atoms with E-state index in [1.165, 1.54) is 96.3 Å². The molecule has 0 aliphatic heterocycles. The van der Waals surface area contributed by atoms with Gasteiger partial charge in [0.05, 0.1) is 0 Å². The average molecular weight is 417 g/mol. The molecule has 0 aliphatic carbocycles. The lowest BCUT2D eigenvalue weighted by molar-refractivity contribution is 0.0579. The lowest BCUT2D eigenvalue weighted by atomic mass is 10.0. The fourth-order valence-electron chi connectivity index (χ4n) is 4.10. The van der Waals surface area contributed by atoms with Gasteiger partial charge in [0.1, 0.15) is 0 Å². The average Bonchev–Trinajstić information content (AvgIpc) is 2.68. The van der Waals surface area contributed by atoms with Gasteiger partial charge < -0.3 is 13.3 Å². The van der Waals surface area contributed by atoms with Crippen LogP contribution in [0.15, 0.2) is 0 Å². The van der Waals surface area contributed by atoms with Gasteiger partial charge in [0.15, 0.2) is 0 Å². The van der Waals surface area contributed by atoms with Crippen molar-refractivity contribution in [3.8, 4) is 0 Å². The summed E-state index contributed by atoms with van der Waals surface area (Å²) in [5.41, 5.74) is 0.467. The molecule has 0 aromatic rings. The molecule has 0 aliphatic rings. The first-order valence-corrected chi connectivity index (χ1v) is 14.4. The van der Waals surface area contributed by atoms with E-state index in [4.69, 9.17) is 13.3 Å². The van der Waals surface area contributed by atoms with Crippen LogP contribution in [0.1, 0.15) is 131 Å². The summed E-state index contributed by atoms with van der Waals surface area (Å²) < 4.78 is 18.8. The number of hydrogen-bond donors (Lipinski definition) is 0. The number of hydrogen-bond acceptors (Lipinski definition) is 3. The third-order valence-corrected chi connectivity index (χ3v) is 9.25. The Balaban J connectivity index is 4.67. The van der Waals surface area contributed by atoms with Crippen molar-refractivity contribution >= 4 is 8.80 Å². The summed E-state index contributed by atoms with van der Waals surface area (Å²) in [7, 11) is -2.58. The Morgan fingerprint density at radius 1 is 0.464 bits per heavy atom. The topological polar surface area (TPSA) is 27.7 Å². The summed E-state index contributed by atoms with van der Waals surface area (Å²) in [6, 6.07) is 0. The van der Waals surface area contributed by atoms with Gasteiger partial charge in [-0.2, -0.15) is 0 Å². The Morgan fingerprint density at radius 2 is 0.786 bits per heavy atom. The van der Waals surface area contributed by atoms with Gasteiger partial charge in [-0.15, -0.1) is 0 Å². The zero-order valence-corrected chi connectivity index (χ0v) is 21.0. The molecule has 0 radical (unpaired) electrons. The first kappa shape index (κ1) is 28.1. The van der Waals surface area contributed by atoms with Crippen molar-refractivity contribution in [1.29, 1.82) is 0 Å². The number of unbranched alkanes of at least 4 members (excludes halogenated alkanes) is 11. The molecule has 0 amide bonds. The molecule has 0 N–H and O–H groups in total. The highest BCUT2D eigenvalue weighted by Gasteiger charge is 2.48. The van der Waals surface area contributed by atoms with Crippen molar-refractivity contribution in [3.05, 3.63) is 0 Å². The second-order valence-electron chi connectivity index (χ2n) is 8.07.